The zero-order chi connectivity index (χ0) is 48.6. The molecule has 0 radical (unpaired) electrons. The second-order valence-electron chi connectivity index (χ2n) is 18.1. The molecule has 2 aromatic heterocycles. The van der Waals surface area contributed by atoms with E-state index in [2.05, 4.69) is 86.5 Å². The Balaban J connectivity index is 0.000000247. The number of aromatic nitrogens is 4. The maximum Gasteiger partial charge on any atom is 0.314 e. The van der Waals surface area contributed by atoms with Gasteiger partial charge in [-0.15, -0.1) is 16.6 Å². The molecular weight excluding hydrogens is 861 g/mol. The molecule has 3 saturated heterocycles. The van der Waals surface area contributed by atoms with Crippen LogP contribution in [0.25, 0.3) is 22.4 Å². The number of para-hydroxylation sites is 1. The molecule has 3 fully saturated rings. The molecule has 0 saturated carbocycles. The molecular formula is C51H64N12O5. The summed E-state index contributed by atoms with van der Waals surface area (Å²) < 4.78 is 0. The molecule has 0 bridgehead atoms. The Labute approximate surface area is 399 Å². The van der Waals surface area contributed by atoms with Crippen LogP contribution in [-0.2, 0) is 22.7 Å². The van der Waals surface area contributed by atoms with Crippen molar-refractivity contribution in [2.24, 2.45) is 11.1 Å². The predicted molar refractivity (Wildman–Crippen MR) is 266 cm³/mol. The number of urea groups is 1. The third kappa shape index (κ3) is 14.4. The summed E-state index contributed by atoms with van der Waals surface area (Å²) in [6, 6.07) is 24.8. The minimum atomic E-state index is -0.342. The first-order chi connectivity index (χ1) is 32.7. The van der Waals surface area contributed by atoms with Crippen LogP contribution in [0.1, 0.15) is 50.3 Å². The Bertz CT molecular complexity index is 2460. The zero-order valence-electron chi connectivity index (χ0n) is 39.5. The molecule has 8 rings (SSSR count). The fourth-order valence-corrected chi connectivity index (χ4v) is 8.00. The van der Waals surface area contributed by atoms with Crippen LogP contribution in [0.15, 0.2) is 91.3 Å². The summed E-state index contributed by atoms with van der Waals surface area (Å²) in [5.41, 5.74) is 12.8. The van der Waals surface area contributed by atoms with Crippen molar-refractivity contribution in [3.63, 3.8) is 0 Å². The van der Waals surface area contributed by atoms with E-state index in [9.17, 15) is 24.6 Å². The molecule has 17 nitrogen and oxygen atoms in total. The molecule has 1 unspecified atom stereocenters. The van der Waals surface area contributed by atoms with Crippen LogP contribution < -0.4 is 26.2 Å². The number of nitrogens with one attached hydrogen (secondary N) is 2. The van der Waals surface area contributed by atoms with Crippen LogP contribution in [0, 0.1) is 17.8 Å². The van der Waals surface area contributed by atoms with Gasteiger partial charge in [0.1, 0.15) is 5.75 Å². The highest BCUT2D eigenvalue weighted by atomic mass is 16.3. The number of phenols is 1. The number of nitrogens with two attached hydrogens (primary N) is 1. The van der Waals surface area contributed by atoms with Crippen molar-refractivity contribution in [3.05, 3.63) is 108 Å². The number of benzene rings is 3. The Hall–Kier alpha value is -7.29. The Morgan fingerprint density at radius 1 is 0.838 bits per heavy atom. The molecule has 68 heavy (non-hydrogen) atoms. The number of primary amides is 1. The van der Waals surface area contributed by atoms with Crippen molar-refractivity contribution in [1.29, 1.82) is 0 Å². The van der Waals surface area contributed by atoms with Gasteiger partial charge in [0.2, 0.25) is 18.3 Å². The van der Waals surface area contributed by atoms with Gasteiger partial charge in [-0.05, 0) is 58.9 Å². The highest BCUT2D eigenvalue weighted by Crippen LogP contribution is 2.33. The van der Waals surface area contributed by atoms with Crippen LogP contribution in [0.5, 0.6) is 5.75 Å². The van der Waals surface area contributed by atoms with Crippen molar-refractivity contribution in [1.82, 2.24) is 40.2 Å². The topological polar surface area (TPSA) is 210 Å². The van der Waals surface area contributed by atoms with Gasteiger partial charge >= 0.3 is 6.03 Å². The number of aromatic hydroxyl groups is 1. The first-order valence-electron chi connectivity index (χ1n) is 22.9. The first-order valence-corrected chi connectivity index (χ1v) is 22.9. The average molecular weight is 925 g/mol. The number of piperazine rings is 2. The average Bonchev–Trinajstić information content (AvgIpc) is 3.80. The van der Waals surface area contributed by atoms with Crippen molar-refractivity contribution < 1.29 is 24.6 Å². The summed E-state index contributed by atoms with van der Waals surface area (Å²) in [5.74, 6) is 4.28. The van der Waals surface area contributed by atoms with Crippen molar-refractivity contribution >= 4 is 35.8 Å². The highest BCUT2D eigenvalue weighted by Gasteiger charge is 2.28. The lowest BCUT2D eigenvalue weighted by Crippen LogP contribution is -2.50. The van der Waals surface area contributed by atoms with E-state index in [1.807, 2.05) is 61.9 Å². The van der Waals surface area contributed by atoms with Crippen LogP contribution in [-0.4, -0.2) is 142 Å². The SMILES string of the molecule is C#Cc1ccc(CNC=O)cc1.CC(C)(C)CC(=O)N1CCC(O)C1.CNc1nnc(-c2ccccc2O)cc1N1CCN(c2ncc(-c3ccc(CN4CCN(C(N)=O)CC4)cc3)cn2)CC1. The van der Waals surface area contributed by atoms with Gasteiger partial charge in [0.15, 0.2) is 5.82 Å². The minimum absolute atomic E-state index is 0.0463. The van der Waals surface area contributed by atoms with Crippen LogP contribution in [0.2, 0.25) is 0 Å². The molecule has 4 amide bonds. The molecule has 358 valence electrons. The first kappa shape index (κ1) is 50.1. The lowest BCUT2D eigenvalue weighted by Gasteiger charge is -2.36. The van der Waals surface area contributed by atoms with Gasteiger partial charge in [-0.1, -0.05) is 75.2 Å². The van der Waals surface area contributed by atoms with Gasteiger partial charge in [-0.3, -0.25) is 14.5 Å². The molecule has 5 heterocycles. The molecule has 3 aliphatic rings. The second-order valence-corrected chi connectivity index (χ2v) is 18.1. The van der Waals surface area contributed by atoms with Crippen LogP contribution in [0.3, 0.4) is 0 Å². The molecule has 1 atom stereocenters. The maximum absolute atomic E-state index is 11.6. The van der Waals surface area contributed by atoms with E-state index in [0.717, 1.165) is 86.7 Å². The van der Waals surface area contributed by atoms with Crippen molar-refractivity contribution in [2.45, 2.75) is 52.8 Å². The Morgan fingerprint density at radius 3 is 2.06 bits per heavy atom. The largest absolute Gasteiger partial charge is 0.507 e. The van der Waals surface area contributed by atoms with Crippen molar-refractivity contribution in [3.8, 4) is 40.5 Å². The maximum atomic E-state index is 11.6. The minimum Gasteiger partial charge on any atom is -0.507 e. The molecule has 5 aromatic rings. The van der Waals surface area contributed by atoms with Crippen LogP contribution >= 0.6 is 0 Å². The predicted octanol–water partition coefficient (Wildman–Crippen LogP) is 4.80. The van der Waals surface area contributed by atoms with E-state index >= 15 is 0 Å². The molecule has 0 aliphatic carbocycles. The third-order valence-electron chi connectivity index (χ3n) is 11.8. The van der Waals surface area contributed by atoms with Gasteiger partial charge in [0.05, 0.1) is 17.5 Å². The molecule has 17 heteroatoms. The lowest BCUT2D eigenvalue weighted by atomic mass is 9.92. The van der Waals surface area contributed by atoms with Gasteiger partial charge < -0.3 is 46.2 Å². The number of carbonyl (C=O) groups excluding carboxylic acids is 3. The van der Waals surface area contributed by atoms with Gasteiger partial charge in [-0.2, -0.15) is 0 Å². The summed E-state index contributed by atoms with van der Waals surface area (Å²) in [4.78, 5) is 52.6. The fourth-order valence-electron chi connectivity index (χ4n) is 8.00. The normalized spacial score (nSPS) is 16.1. The van der Waals surface area contributed by atoms with Crippen molar-refractivity contribution in [2.75, 3.05) is 87.6 Å². The van der Waals surface area contributed by atoms with Gasteiger partial charge in [0, 0.05) is 121 Å². The Morgan fingerprint density at radius 2 is 1.49 bits per heavy atom. The van der Waals surface area contributed by atoms with Gasteiger partial charge in [-0.25, -0.2) is 14.8 Å². The number of nitrogens with zero attached hydrogens (tertiary/aromatic N) is 9. The number of terminal acetylenes is 1. The molecule has 6 N–H and O–H groups in total. The van der Waals surface area contributed by atoms with Crippen LogP contribution in [0.4, 0.5) is 22.2 Å². The number of hydrogen-bond acceptors (Lipinski definition) is 13. The number of amides is 4. The lowest BCUT2D eigenvalue weighted by molar-refractivity contribution is -0.132. The number of anilines is 3. The molecule has 3 aromatic carbocycles. The smallest absolute Gasteiger partial charge is 0.314 e. The summed E-state index contributed by atoms with van der Waals surface area (Å²) in [7, 11) is 1.83. The summed E-state index contributed by atoms with van der Waals surface area (Å²) in [5, 5.41) is 34.0. The van der Waals surface area contributed by atoms with E-state index in [4.69, 9.17) is 22.1 Å². The highest BCUT2D eigenvalue weighted by molar-refractivity contribution is 5.77. The number of β-amino-alcohol motifs (C(OH)–C–C–N with tert-alkyl or cyclic N) is 1. The molecule has 3 aliphatic heterocycles. The fraction of sp³-hybridized carbons (Fsp3) is 0.392. The van der Waals surface area contributed by atoms with Gasteiger partial charge in [0.25, 0.3) is 0 Å². The number of likely N-dealkylation sites (tertiary alicyclic amines) is 1. The van der Waals surface area contributed by atoms with E-state index < -0.39 is 0 Å². The van der Waals surface area contributed by atoms with E-state index in [-0.39, 0.29) is 29.2 Å². The summed E-state index contributed by atoms with van der Waals surface area (Å²) in [6.07, 6.45) is 10.6. The monoisotopic (exact) mass is 925 g/mol. The number of aliphatic hydroxyl groups excluding tert-OH is 1. The number of rotatable bonds is 11. The second kappa shape index (κ2) is 23.9. The number of aliphatic hydroxyl groups is 1. The zero-order valence-corrected chi connectivity index (χ0v) is 39.5. The number of hydrogen-bond donors (Lipinski definition) is 5. The van der Waals surface area contributed by atoms with E-state index in [0.29, 0.717) is 62.0 Å². The third-order valence-corrected chi connectivity index (χ3v) is 11.8. The number of carbonyl (C=O) groups is 3. The van der Waals surface area contributed by atoms with E-state index in [1.165, 1.54) is 5.56 Å². The quantitative estimate of drug-likeness (QED) is 0.0893. The molecule has 0 spiro atoms. The number of phenolic OH excluding ortho intramolecular Hbond substituents is 1. The summed E-state index contributed by atoms with van der Waals surface area (Å²) >= 11 is 0. The summed E-state index contributed by atoms with van der Waals surface area (Å²) in [6.45, 7) is 14.8. The van der Waals surface area contributed by atoms with E-state index in [1.54, 1.807) is 21.9 Å². The standard InChI is InChI=1S/C31H36N10O2.C10H19NO2.C10H9NO/c1-33-29-27(18-26(36-37-29)25-4-2-3-5-28(25)42)39-14-16-41(17-15-39)31-34-19-24(20-35-31)23-8-6-22(7-9-23)21-38-10-12-40(13-11-38)30(32)43;1-10(2,3)6-9(13)11-5-4-8(12)7-11;1-2-9-3-5-10(6-4-9)7-11-8-12/h2-9,18-20,42H,10-17,21H2,1H3,(H2,32,43)(H,33,37);8,12H,4-7H2,1-3H3;1,3-6,8H,7H2,(H,11,12). The Kier molecular flexibility index (Phi) is 17.7.